The topological polar surface area (TPSA) is 51.2 Å². The van der Waals surface area contributed by atoms with Crippen LogP contribution in [0.4, 0.5) is 5.69 Å². The zero-order valence-electron chi connectivity index (χ0n) is 13.4. The van der Waals surface area contributed by atoms with Gasteiger partial charge in [0.15, 0.2) is 0 Å². The number of hydrogen-bond donors (Lipinski definition) is 1. The fourth-order valence-electron chi connectivity index (χ4n) is 2.15. The molecule has 0 saturated carbocycles. The number of carbonyl (C=O) groups excluding carboxylic acids is 1. The van der Waals surface area contributed by atoms with Gasteiger partial charge >= 0.3 is 0 Å². The molecule has 2 aromatic carbocycles. The molecule has 0 saturated heterocycles. The second-order valence-corrected chi connectivity index (χ2v) is 6.15. The van der Waals surface area contributed by atoms with Crippen molar-refractivity contribution in [1.29, 1.82) is 0 Å². The predicted octanol–water partition coefficient (Wildman–Crippen LogP) is 4.74. The number of rotatable bonds is 6. The number of nitrogens with zero attached hydrogens (tertiary/aromatic N) is 1. The van der Waals surface area contributed by atoms with E-state index in [0.717, 1.165) is 27.7 Å². The van der Waals surface area contributed by atoms with Crippen LogP contribution in [0.5, 0.6) is 5.75 Å². The highest BCUT2D eigenvalue weighted by molar-refractivity contribution is 7.09. The van der Waals surface area contributed by atoms with Crippen molar-refractivity contribution in [2.24, 2.45) is 0 Å². The van der Waals surface area contributed by atoms with Crippen LogP contribution in [0.3, 0.4) is 0 Å². The third kappa shape index (κ3) is 4.20. The lowest BCUT2D eigenvalue weighted by Crippen LogP contribution is -2.08. The van der Waals surface area contributed by atoms with Gasteiger partial charge in [0.05, 0.1) is 5.69 Å². The fraction of sp³-hybridized carbons (Fsp3) is 0.158. The minimum atomic E-state index is 0.0109. The van der Waals surface area contributed by atoms with Crippen LogP contribution in [-0.2, 0) is 11.4 Å². The molecule has 0 bridgehead atoms. The first-order valence-electron chi connectivity index (χ1n) is 7.77. The average Bonchev–Trinajstić information content (AvgIpc) is 3.10. The van der Waals surface area contributed by atoms with Crippen LogP contribution in [0.2, 0.25) is 0 Å². The van der Waals surface area contributed by atoms with Gasteiger partial charge in [-0.25, -0.2) is 4.98 Å². The Morgan fingerprint density at radius 1 is 1.12 bits per heavy atom. The first-order chi connectivity index (χ1) is 11.7. The Morgan fingerprint density at radius 3 is 2.58 bits per heavy atom. The number of thiazole rings is 1. The van der Waals surface area contributed by atoms with Gasteiger partial charge in [-0.05, 0) is 24.3 Å². The largest absolute Gasteiger partial charge is 0.486 e. The van der Waals surface area contributed by atoms with Gasteiger partial charge in [0.2, 0.25) is 5.91 Å². The van der Waals surface area contributed by atoms with E-state index in [1.807, 2.05) is 66.9 Å². The first kappa shape index (κ1) is 16.2. The monoisotopic (exact) mass is 338 g/mol. The molecule has 0 radical (unpaired) electrons. The number of amides is 1. The molecule has 5 heteroatoms. The third-order valence-corrected chi connectivity index (χ3v) is 4.27. The Kier molecular flexibility index (Phi) is 5.23. The number of para-hydroxylation sites is 1. The maximum atomic E-state index is 11.4. The average molecular weight is 338 g/mol. The summed E-state index contributed by atoms with van der Waals surface area (Å²) >= 11 is 1.58. The van der Waals surface area contributed by atoms with Gasteiger partial charge in [-0.3, -0.25) is 4.79 Å². The summed E-state index contributed by atoms with van der Waals surface area (Å²) in [5.74, 6) is 0.849. The quantitative estimate of drug-likeness (QED) is 0.706. The number of aromatic nitrogens is 1. The molecule has 1 heterocycles. The van der Waals surface area contributed by atoms with Crippen LogP contribution in [0.15, 0.2) is 60.0 Å². The molecular formula is C19H18N2O2S. The highest BCUT2D eigenvalue weighted by Gasteiger charge is 2.06. The van der Waals surface area contributed by atoms with E-state index in [1.54, 1.807) is 11.3 Å². The molecule has 0 aliphatic heterocycles. The molecule has 122 valence electrons. The van der Waals surface area contributed by atoms with E-state index < -0.39 is 0 Å². The van der Waals surface area contributed by atoms with Crippen molar-refractivity contribution >= 4 is 22.9 Å². The molecule has 3 rings (SSSR count). The maximum Gasteiger partial charge on any atom is 0.224 e. The van der Waals surface area contributed by atoms with E-state index in [0.29, 0.717) is 13.0 Å². The number of benzene rings is 2. The van der Waals surface area contributed by atoms with E-state index in [-0.39, 0.29) is 5.91 Å². The van der Waals surface area contributed by atoms with Crippen LogP contribution in [0.1, 0.15) is 18.4 Å². The molecule has 1 amide bonds. The van der Waals surface area contributed by atoms with Gasteiger partial charge in [-0.15, -0.1) is 11.3 Å². The summed E-state index contributed by atoms with van der Waals surface area (Å²) in [6.07, 6.45) is 0.471. The predicted molar refractivity (Wildman–Crippen MR) is 97.2 cm³/mol. The molecule has 0 fully saturated rings. The van der Waals surface area contributed by atoms with E-state index in [2.05, 4.69) is 10.3 Å². The molecule has 0 atom stereocenters. The molecule has 0 aliphatic carbocycles. The molecule has 0 unspecified atom stereocenters. The summed E-state index contributed by atoms with van der Waals surface area (Å²) in [7, 11) is 0. The maximum absolute atomic E-state index is 11.4. The molecule has 0 aliphatic rings. The van der Waals surface area contributed by atoms with Gasteiger partial charge in [0.25, 0.3) is 0 Å². The smallest absolute Gasteiger partial charge is 0.224 e. The Hall–Kier alpha value is -2.66. The van der Waals surface area contributed by atoms with Gasteiger partial charge < -0.3 is 10.1 Å². The number of nitrogens with one attached hydrogen (secondary N) is 1. The van der Waals surface area contributed by atoms with Crippen molar-refractivity contribution in [3.05, 3.63) is 65.0 Å². The summed E-state index contributed by atoms with van der Waals surface area (Å²) < 4.78 is 5.72. The van der Waals surface area contributed by atoms with Crippen LogP contribution < -0.4 is 10.1 Å². The standard InChI is InChI=1S/C19H18N2O2S/c1-2-18(22)20-15-10-8-14(9-11-15)17-13-24-19(21-17)12-23-16-6-4-3-5-7-16/h3-11,13H,2,12H2,1H3,(H,20,22). The zero-order valence-corrected chi connectivity index (χ0v) is 14.2. The highest BCUT2D eigenvalue weighted by Crippen LogP contribution is 2.24. The lowest BCUT2D eigenvalue weighted by atomic mass is 10.1. The Morgan fingerprint density at radius 2 is 1.88 bits per heavy atom. The summed E-state index contributed by atoms with van der Waals surface area (Å²) in [5.41, 5.74) is 2.74. The van der Waals surface area contributed by atoms with Crippen molar-refractivity contribution in [3.63, 3.8) is 0 Å². The van der Waals surface area contributed by atoms with E-state index in [1.165, 1.54) is 0 Å². The number of hydrogen-bond acceptors (Lipinski definition) is 4. The Balaban J connectivity index is 1.63. The second kappa shape index (κ2) is 7.75. The molecule has 24 heavy (non-hydrogen) atoms. The number of ether oxygens (including phenoxy) is 1. The van der Waals surface area contributed by atoms with Crippen molar-refractivity contribution in [3.8, 4) is 17.0 Å². The Bertz CT molecular complexity index is 798. The minimum Gasteiger partial charge on any atom is -0.486 e. The first-order valence-corrected chi connectivity index (χ1v) is 8.65. The van der Waals surface area contributed by atoms with Crippen molar-refractivity contribution < 1.29 is 9.53 Å². The SMILES string of the molecule is CCC(=O)Nc1ccc(-c2csc(COc3ccccc3)n2)cc1. The molecule has 4 nitrogen and oxygen atoms in total. The summed E-state index contributed by atoms with van der Waals surface area (Å²) in [6.45, 7) is 2.29. The summed E-state index contributed by atoms with van der Waals surface area (Å²) in [5, 5.41) is 5.78. The highest BCUT2D eigenvalue weighted by atomic mass is 32.1. The lowest BCUT2D eigenvalue weighted by Gasteiger charge is -2.04. The Labute approximate surface area is 145 Å². The summed E-state index contributed by atoms with van der Waals surface area (Å²) in [4.78, 5) is 16.0. The van der Waals surface area contributed by atoms with E-state index >= 15 is 0 Å². The van der Waals surface area contributed by atoms with Gasteiger partial charge in [0, 0.05) is 23.1 Å². The van der Waals surface area contributed by atoms with Gasteiger partial charge in [-0.1, -0.05) is 37.3 Å². The second-order valence-electron chi connectivity index (χ2n) is 5.21. The van der Waals surface area contributed by atoms with Crippen molar-refractivity contribution in [1.82, 2.24) is 4.98 Å². The third-order valence-electron chi connectivity index (χ3n) is 3.44. The van der Waals surface area contributed by atoms with Crippen molar-refractivity contribution in [2.45, 2.75) is 20.0 Å². The van der Waals surface area contributed by atoms with Gasteiger partial charge in [0.1, 0.15) is 17.4 Å². The number of carbonyl (C=O) groups is 1. The van der Waals surface area contributed by atoms with Crippen LogP contribution in [0, 0.1) is 0 Å². The summed E-state index contributed by atoms with van der Waals surface area (Å²) in [6, 6.07) is 17.4. The zero-order chi connectivity index (χ0) is 16.8. The van der Waals surface area contributed by atoms with E-state index in [4.69, 9.17) is 4.74 Å². The van der Waals surface area contributed by atoms with Crippen LogP contribution >= 0.6 is 11.3 Å². The van der Waals surface area contributed by atoms with Gasteiger partial charge in [-0.2, -0.15) is 0 Å². The van der Waals surface area contributed by atoms with E-state index in [9.17, 15) is 4.79 Å². The van der Waals surface area contributed by atoms with Crippen LogP contribution in [-0.4, -0.2) is 10.9 Å². The molecule has 0 spiro atoms. The molecular weight excluding hydrogens is 320 g/mol. The number of anilines is 1. The van der Waals surface area contributed by atoms with Crippen molar-refractivity contribution in [2.75, 3.05) is 5.32 Å². The van der Waals surface area contributed by atoms with Crippen LogP contribution in [0.25, 0.3) is 11.3 Å². The minimum absolute atomic E-state index is 0.0109. The molecule has 1 aromatic heterocycles. The normalized spacial score (nSPS) is 10.4. The molecule has 3 aromatic rings. The lowest BCUT2D eigenvalue weighted by molar-refractivity contribution is -0.115. The fourth-order valence-corrected chi connectivity index (χ4v) is 2.86. The molecule has 1 N–H and O–H groups in total.